The first-order valence-electron chi connectivity index (χ1n) is 8.76. The zero-order chi connectivity index (χ0) is 20.4. The third-order valence-electron chi connectivity index (χ3n) is 4.35. The van der Waals surface area contributed by atoms with Gasteiger partial charge in [0.25, 0.3) is 0 Å². The van der Waals surface area contributed by atoms with Crippen molar-refractivity contribution in [3.63, 3.8) is 0 Å². The second kappa shape index (κ2) is 7.64. The number of ketones is 1. The summed E-state index contributed by atoms with van der Waals surface area (Å²) in [6.07, 6.45) is -2.81. The van der Waals surface area contributed by atoms with E-state index in [2.05, 4.69) is 4.98 Å². The number of benzene rings is 3. The van der Waals surface area contributed by atoms with Gasteiger partial charge in [0.05, 0.1) is 21.4 Å². The monoisotopic (exact) mass is 409 g/mol. The highest BCUT2D eigenvalue weighted by Gasteiger charge is 2.30. The SMILES string of the molecule is O=C(C(=Cc1ccc(C(F)(F)F)cc1)c1nc2ccccc2s1)c1ccccc1. The van der Waals surface area contributed by atoms with Crippen LogP contribution in [0, 0.1) is 0 Å². The average Bonchev–Trinajstić information content (AvgIpc) is 3.16. The fourth-order valence-electron chi connectivity index (χ4n) is 2.89. The van der Waals surface area contributed by atoms with E-state index < -0.39 is 11.7 Å². The number of fused-ring (bicyclic) bond motifs is 1. The van der Waals surface area contributed by atoms with Gasteiger partial charge in [0.2, 0.25) is 0 Å². The first kappa shape index (κ1) is 19.1. The van der Waals surface area contributed by atoms with E-state index in [-0.39, 0.29) is 5.78 Å². The molecular formula is C23H14F3NOS. The minimum Gasteiger partial charge on any atom is -0.288 e. The molecule has 0 saturated heterocycles. The summed E-state index contributed by atoms with van der Waals surface area (Å²) in [5, 5.41) is 0.528. The predicted octanol–water partition coefficient (Wildman–Crippen LogP) is 6.74. The van der Waals surface area contributed by atoms with Crippen molar-refractivity contribution < 1.29 is 18.0 Å². The quantitative estimate of drug-likeness (QED) is 0.276. The van der Waals surface area contributed by atoms with Crippen molar-refractivity contribution >= 4 is 39.0 Å². The molecule has 0 aliphatic heterocycles. The summed E-state index contributed by atoms with van der Waals surface area (Å²) in [6, 6.07) is 21.0. The maximum Gasteiger partial charge on any atom is 0.416 e. The number of carbonyl (C=O) groups is 1. The Bertz CT molecular complexity index is 1160. The van der Waals surface area contributed by atoms with E-state index in [1.807, 2.05) is 30.3 Å². The molecule has 0 saturated carbocycles. The Balaban J connectivity index is 1.81. The van der Waals surface area contributed by atoms with E-state index in [9.17, 15) is 18.0 Å². The molecule has 0 spiro atoms. The van der Waals surface area contributed by atoms with Crippen LogP contribution in [0.15, 0.2) is 78.9 Å². The van der Waals surface area contributed by atoms with Gasteiger partial charge in [0.15, 0.2) is 5.78 Å². The number of hydrogen-bond acceptors (Lipinski definition) is 3. The molecule has 0 aliphatic rings. The molecule has 0 unspecified atom stereocenters. The van der Waals surface area contributed by atoms with Crippen LogP contribution in [0.5, 0.6) is 0 Å². The number of carbonyl (C=O) groups excluding carboxylic acids is 1. The van der Waals surface area contributed by atoms with E-state index in [0.717, 1.165) is 22.3 Å². The number of halogens is 3. The highest BCUT2D eigenvalue weighted by molar-refractivity contribution is 7.20. The smallest absolute Gasteiger partial charge is 0.288 e. The predicted molar refractivity (Wildman–Crippen MR) is 110 cm³/mol. The molecule has 0 N–H and O–H groups in total. The Labute approximate surface area is 169 Å². The summed E-state index contributed by atoms with van der Waals surface area (Å²) >= 11 is 1.37. The van der Waals surface area contributed by atoms with Gasteiger partial charge in [0.1, 0.15) is 5.01 Å². The summed E-state index contributed by atoms with van der Waals surface area (Å²) < 4.78 is 39.4. The molecule has 3 aromatic carbocycles. The van der Waals surface area contributed by atoms with Gasteiger partial charge >= 0.3 is 6.18 Å². The molecule has 144 valence electrons. The number of nitrogens with zero attached hydrogens (tertiary/aromatic N) is 1. The van der Waals surface area contributed by atoms with Crippen molar-refractivity contribution in [1.29, 1.82) is 0 Å². The molecule has 1 heterocycles. The second-order valence-electron chi connectivity index (χ2n) is 6.36. The van der Waals surface area contributed by atoms with Crippen LogP contribution in [0.2, 0.25) is 0 Å². The van der Waals surface area contributed by atoms with E-state index in [1.54, 1.807) is 30.3 Å². The molecule has 4 rings (SSSR count). The van der Waals surface area contributed by atoms with Crippen molar-refractivity contribution in [2.45, 2.75) is 6.18 Å². The Morgan fingerprint density at radius 1 is 0.862 bits per heavy atom. The molecule has 2 nitrogen and oxygen atoms in total. The average molecular weight is 409 g/mol. The third kappa shape index (κ3) is 4.12. The second-order valence-corrected chi connectivity index (χ2v) is 7.39. The molecule has 1 aromatic heterocycles. The van der Waals surface area contributed by atoms with E-state index in [0.29, 0.717) is 21.7 Å². The molecule has 0 radical (unpaired) electrons. The zero-order valence-electron chi connectivity index (χ0n) is 15.0. The number of alkyl halides is 3. The number of allylic oxidation sites excluding steroid dienone is 1. The molecule has 6 heteroatoms. The van der Waals surface area contributed by atoms with Gasteiger partial charge < -0.3 is 0 Å². The number of thiazole rings is 1. The van der Waals surface area contributed by atoms with E-state index in [4.69, 9.17) is 0 Å². The minimum absolute atomic E-state index is 0.232. The molecular weight excluding hydrogens is 395 g/mol. The lowest BCUT2D eigenvalue weighted by atomic mass is 10.0. The summed E-state index contributed by atoms with van der Waals surface area (Å²) in [5.41, 5.74) is 1.37. The summed E-state index contributed by atoms with van der Waals surface area (Å²) in [4.78, 5) is 17.7. The van der Waals surface area contributed by atoms with Crippen LogP contribution in [0.25, 0.3) is 21.9 Å². The minimum atomic E-state index is -4.40. The van der Waals surface area contributed by atoms with Crippen LogP contribution in [0.1, 0.15) is 26.5 Å². The van der Waals surface area contributed by atoms with Gasteiger partial charge in [-0.3, -0.25) is 4.79 Å². The highest BCUT2D eigenvalue weighted by Crippen LogP contribution is 2.32. The van der Waals surface area contributed by atoms with Crippen LogP contribution in [0.3, 0.4) is 0 Å². The Hall–Kier alpha value is -3.25. The maximum atomic E-state index is 13.2. The Morgan fingerprint density at radius 2 is 1.52 bits per heavy atom. The van der Waals surface area contributed by atoms with Gasteiger partial charge in [-0.05, 0) is 35.9 Å². The fraction of sp³-hybridized carbons (Fsp3) is 0.0435. The van der Waals surface area contributed by atoms with Crippen molar-refractivity contribution in [2.75, 3.05) is 0 Å². The molecule has 0 fully saturated rings. The fourth-order valence-corrected chi connectivity index (χ4v) is 3.87. The maximum absolute atomic E-state index is 13.2. The van der Waals surface area contributed by atoms with Gasteiger partial charge in [-0.25, -0.2) is 4.98 Å². The Kier molecular flexibility index (Phi) is 5.03. The Morgan fingerprint density at radius 3 is 2.17 bits per heavy atom. The summed E-state index contributed by atoms with van der Waals surface area (Å²) in [5.74, 6) is -0.232. The van der Waals surface area contributed by atoms with Gasteiger partial charge in [-0.1, -0.05) is 54.6 Å². The first-order valence-corrected chi connectivity index (χ1v) is 9.58. The molecule has 0 bridgehead atoms. The largest absolute Gasteiger partial charge is 0.416 e. The molecule has 4 aromatic rings. The van der Waals surface area contributed by atoms with Gasteiger partial charge in [-0.15, -0.1) is 11.3 Å². The van der Waals surface area contributed by atoms with Crippen molar-refractivity contribution in [2.24, 2.45) is 0 Å². The number of para-hydroxylation sites is 1. The lowest BCUT2D eigenvalue weighted by molar-refractivity contribution is -0.137. The number of aromatic nitrogens is 1. The van der Waals surface area contributed by atoms with Crippen LogP contribution >= 0.6 is 11.3 Å². The van der Waals surface area contributed by atoms with Crippen LogP contribution < -0.4 is 0 Å². The van der Waals surface area contributed by atoms with Crippen LogP contribution in [0.4, 0.5) is 13.2 Å². The lowest BCUT2D eigenvalue weighted by Crippen LogP contribution is -2.04. The number of hydrogen-bond donors (Lipinski definition) is 0. The van der Waals surface area contributed by atoms with Crippen molar-refractivity contribution in [1.82, 2.24) is 4.98 Å². The highest BCUT2D eigenvalue weighted by atomic mass is 32.1. The van der Waals surface area contributed by atoms with Gasteiger partial charge in [0, 0.05) is 5.56 Å². The molecule has 29 heavy (non-hydrogen) atoms. The van der Waals surface area contributed by atoms with Crippen molar-refractivity contribution in [3.05, 3.63) is 101 Å². The number of rotatable bonds is 4. The number of Topliss-reactive ketones (excluding diaryl/α,β-unsaturated/α-hetero) is 1. The summed E-state index contributed by atoms with van der Waals surface area (Å²) in [6.45, 7) is 0. The topological polar surface area (TPSA) is 30.0 Å². The first-order chi connectivity index (χ1) is 13.9. The lowest BCUT2D eigenvalue weighted by Gasteiger charge is -2.07. The molecule has 0 atom stereocenters. The van der Waals surface area contributed by atoms with Crippen LogP contribution in [-0.4, -0.2) is 10.8 Å². The van der Waals surface area contributed by atoms with Gasteiger partial charge in [-0.2, -0.15) is 13.2 Å². The van der Waals surface area contributed by atoms with Crippen LogP contribution in [-0.2, 0) is 6.18 Å². The van der Waals surface area contributed by atoms with E-state index in [1.165, 1.54) is 23.5 Å². The molecule has 0 amide bonds. The normalized spacial score (nSPS) is 12.3. The third-order valence-corrected chi connectivity index (χ3v) is 5.42. The summed E-state index contributed by atoms with van der Waals surface area (Å²) in [7, 11) is 0. The van der Waals surface area contributed by atoms with Crippen molar-refractivity contribution in [3.8, 4) is 0 Å². The zero-order valence-corrected chi connectivity index (χ0v) is 15.8. The van der Waals surface area contributed by atoms with E-state index >= 15 is 0 Å². The molecule has 0 aliphatic carbocycles. The standard InChI is InChI=1S/C23H14F3NOS/c24-23(25,26)17-12-10-15(11-13-17)14-18(21(28)16-6-2-1-3-7-16)22-27-19-8-4-5-9-20(19)29-22/h1-14H.